The third-order valence-corrected chi connectivity index (χ3v) is 2.51. The number of rotatable bonds is 0. The number of nitrogens with zero attached hydrogens (tertiary/aromatic N) is 1. The van der Waals surface area contributed by atoms with E-state index < -0.39 is 17.8 Å². The Balaban J connectivity index is 1.97. The molecule has 6 nitrogen and oxygen atoms in total. The summed E-state index contributed by atoms with van der Waals surface area (Å²) in [7, 11) is 0. The van der Waals surface area contributed by atoms with E-state index in [9.17, 15) is 4.79 Å². The molecule has 3 heterocycles. The summed E-state index contributed by atoms with van der Waals surface area (Å²) in [6.45, 7) is 0.224. The highest BCUT2D eigenvalue weighted by Gasteiger charge is 2.70. The summed E-state index contributed by atoms with van der Waals surface area (Å²) >= 11 is 9.27. The zero-order chi connectivity index (χ0) is 9.92. The Labute approximate surface area is 88.6 Å². The van der Waals surface area contributed by atoms with Crippen LogP contribution in [0.1, 0.15) is 0 Å². The molecule has 0 aromatic rings. The topological polar surface area (TPSA) is 57.2 Å². The lowest BCUT2D eigenvalue weighted by molar-refractivity contribution is -0.250. The molecule has 1 unspecified atom stereocenters. The Morgan fingerprint density at radius 3 is 2.71 bits per heavy atom. The SMILES string of the molecule is O=C1N2CC(OC(=S)O2)C12OC(=S)O2. The fraction of sp³-hybridized carbons (Fsp3) is 0.500. The van der Waals surface area contributed by atoms with E-state index in [0.717, 1.165) is 5.06 Å². The van der Waals surface area contributed by atoms with E-state index in [1.54, 1.807) is 0 Å². The second-order valence-corrected chi connectivity index (χ2v) is 3.60. The van der Waals surface area contributed by atoms with Gasteiger partial charge in [0.1, 0.15) is 6.54 Å². The molecule has 2 bridgehead atoms. The highest BCUT2D eigenvalue weighted by Crippen LogP contribution is 2.40. The smallest absolute Gasteiger partial charge is 0.381 e. The number of fused-ring (bicyclic) bond motifs is 3. The van der Waals surface area contributed by atoms with E-state index in [-0.39, 0.29) is 17.0 Å². The Kier molecular flexibility index (Phi) is 1.32. The van der Waals surface area contributed by atoms with Crippen molar-refractivity contribution in [2.75, 3.05) is 6.54 Å². The van der Waals surface area contributed by atoms with Gasteiger partial charge in [-0.15, -0.1) is 0 Å². The third kappa shape index (κ3) is 0.775. The Bertz CT molecular complexity index is 361. The third-order valence-electron chi connectivity index (χ3n) is 2.17. The zero-order valence-electron chi connectivity index (χ0n) is 6.59. The molecule has 0 radical (unpaired) electrons. The number of carbonyl (C=O) groups is 1. The molecule has 0 aromatic carbocycles. The maximum absolute atomic E-state index is 11.6. The molecule has 3 aliphatic rings. The lowest BCUT2D eigenvalue weighted by atomic mass is 10.1. The van der Waals surface area contributed by atoms with Gasteiger partial charge in [0.25, 0.3) is 0 Å². The normalized spacial score (nSPS) is 31.6. The van der Waals surface area contributed by atoms with E-state index in [2.05, 4.69) is 24.4 Å². The van der Waals surface area contributed by atoms with E-state index in [0.29, 0.717) is 0 Å². The molecule has 0 aromatic heterocycles. The molecule has 3 fully saturated rings. The number of ether oxygens (including phenoxy) is 3. The minimum absolute atomic E-state index is 0.0679. The fourth-order valence-electron chi connectivity index (χ4n) is 1.56. The van der Waals surface area contributed by atoms with Gasteiger partial charge in [0.15, 0.2) is 0 Å². The number of hydrogen-bond donors (Lipinski definition) is 0. The Morgan fingerprint density at radius 2 is 2.07 bits per heavy atom. The van der Waals surface area contributed by atoms with Gasteiger partial charge in [-0.05, 0) is 0 Å². The van der Waals surface area contributed by atoms with Gasteiger partial charge in [-0.2, -0.15) is 5.06 Å². The Hall–Kier alpha value is -1.15. The lowest BCUT2D eigenvalue weighted by Gasteiger charge is -2.38. The van der Waals surface area contributed by atoms with Crippen LogP contribution in [0.15, 0.2) is 0 Å². The van der Waals surface area contributed by atoms with Gasteiger partial charge < -0.3 is 19.0 Å². The first kappa shape index (κ1) is 8.18. The molecule has 0 aliphatic carbocycles. The summed E-state index contributed by atoms with van der Waals surface area (Å²) in [6.07, 6.45) is -0.608. The summed E-state index contributed by atoms with van der Waals surface area (Å²) in [4.78, 5) is 16.5. The molecule has 1 atom stereocenters. The molecule has 3 rings (SSSR count). The molecule has 0 saturated carbocycles. The van der Waals surface area contributed by atoms with E-state index in [1.165, 1.54) is 0 Å². The first-order chi connectivity index (χ1) is 6.62. The van der Waals surface area contributed by atoms with Crippen LogP contribution in [0.2, 0.25) is 0 Å². The van der Waals surface area contributed by atoms with Crippen molar-refractivity contribution in [1.82, 2.24) is 5.06 Å². The van der Waals surface area contributed by atoms with Crippen molar-refractivity contribution < 1.29 is 23.8 Å². The molecule has 74 valence electrons. The van der Waals surface area contributed by atoms with Crippen molar-refractivity contribution in [2.45, 2.75) is 11.9 Å². The zero-order valence-corrected chi connectivity index (χ0v) is 8.22. The summed E-state index contributed by atoms with van der Waals surface area (Å²) in [6, 6.07) is 0. The van der Waals surface area contributed by atoms with Crippen LogP contribution in [-0.4, -0.2) is 39.9 Å². The summed E-state index contributed by atoms with van der Waals surface area (Å²) < 4.78 is 15.1. The van der Waals surface area contributed by atoms with Gasteiger partial charge in [-0.25, -0.2) is 0 Å². The van der Waals surface area contributed by atoms with Crippen LogP contribution in [0.5, 0.6) is 0 Å². The second-order valence-electron chi connectivity index (χ2n) is 2.94. The number of thiocarbonyl (C=S) groups is 2. The average Bonchev–Trinajstić information content (AvgIpc) is 2.26. The molecule has 0 N–H and O–H groups in total. The minimum atomic E-state index is -1.46. The van der Waals surface area contributed by atoms with Crippen LogP contribution in [0.4, 0.5) is 0 Å². The highest BCUT2D eigenvalue weighted by molar-refractivity contribution is 7.80. The Morgan fingerprint density at radius 1 is 1.36 bits per heavy atom. The van der Waals surface area contributed by atoms with E-state index in [4.69, 9.17) is 19.0 Å². The highest BCUT2D eigenvalue weighted by atomic mass is 32.1. The first-order valence-corrected chi connectivity index (χ1v) is 4.56. The van der Waals surface area contributed by atoms with Gasteiger partial charge in [-0.3, -0.25) is 4.79 Å². The van der Waals surface area contributed by atoms with Crippen LogP contribution in [0.25, 0.3) is 0 Å². The molecule has 3 aliphatic heterocycles. The van der Waals surface area contributed by atoms with Crippen molar-refractivity contribution in [1.29, 1.82) is 0 Å². The van der Waals surface area contributed by atoms with Crippen LogP contribution < -0.4 is 0 Å². The molecule has 1 spiro atoms. The summed E-state index contributed by atoms with van der Waals surface area (Å²) in [5, 5.41) is 0.872. The minimum Gasteiger partial charge on any atom is -0.441 e. The molecule has 1 amide bonds. The molecule has 3 saturated heterocycles. The predicted molar refractivity (Wildman–Crippen MR) is 47.8 cm³/mol. The fourth-order valence-corrected chi connectivity index (χ4v) is 2.01. The summed E-state index contributed by atoms with van der Waals surface area (Å²) in [5.74, 6) is -1.94. The number of hydrogen-bond acceptors (Lipinski definition) is 7. The maximum Gasteiger partial charge on any atom is 0.381 e. The van der Waals surface area contributed by atoms with Crippen molar-refractivity contribution in [3.8, 4) is 0 Å². The molecular formula is C6H3NO5S2. The van der Waals surface area contributed by atoms with Crippen molar-refractivity contribution >= 4 is 40.8 Å². The number of amides is 1. The van der Waals surface area contributed by atoms with Crippen LogP contribution in [-0.2, 0) is 23.8 Å². The predicted octanol–water partition coefficient (Wildman–Crippen LogP) is -0.528. The van der Waals surface area contributed by atoms with Gasteiger partial charge in [0.2, 0.25) is 6.10 Å². The average molecular weight is 233 g/mol. The van der Waals surface area contributed by atoms with E-state index >= 15 is 0 Å². The summed E-state index contributed by atoms with van der Waals surface area (Å²) in [5.41, 5.74) is 0. The van der Waals surface area contributed by atoms with Crippen molar-refractivity contribution in [3.63, 3.8) is 0 Å². The van der Waals surface area contributed by atoms with Crippen LogP contribution >= 0.6 is 24.4 Å². The standard InChI is InChI=1S/C6H3NO5S2/c8-3-6(10-5(14)11-6)2-1-7(3)12-4(13)9-2/h2H,1H2. The largest absolute Gasteiger partial charge is 0.441 e. The maximum atomic E-state index is 11.6. The van der Waals surface area contributed by atoms with Crippen LogP contribution in [0.3, 0.4) is 0 Å². The number of hydroxylamine groups is 2. The van der Waals surface area contributed by atoms with Gasteiger partial charge in [0.05, 0.1) is 0 Å². The van der Waals surface area contributed by atoms with Crippen LogP contribution in [0, 0.1) is 0 Å². The van der Waals surface area contributed by atoms with Crippen molar-refractivity contribution in [2.24, 2.45) is 0 Å². The lowest BCUT2D eigenvalue weighted by Crippen LogP contribution is -2.60. The molecule has 8 heteroatoms. The molecule has 14 heavy (non-hydrogen) atoms. The van der Waals surface area contributed by atoms with Gasteiger partial charge >= 0.3 is 22.2 Å². The van der Waals surface area contributed by atoms with Crippen molar-refractivity contribution in [3.05, 3.63) is 0 Å². The number of carbonyl (C=O) groups excluding carboxylic acids is 1. The second kappa shape index (κ2) is 2.26. The van der Waals surface area contributed by atoms with Gasteiger partial charge in [-0.1, -0.05) is 0 Å². The molecular weight excluding hydrogens is 230 g/mol. The first-order valence-electron chi connectivity index (χ1n) is 3.74. The monoisotopic (exact) mass is 233 g/mol. The quantitative estimate of drug-likeness (QED) is 0.521. The van der Waals surface area contributed by atoms with Gasteiger partial charge in [0, 0.05) is 24.4 Å². The van der Waals surface area contributed by atoms with E-state index in [1.807, 2.05) is 0 Å².